The van der Waals surface area contributed by atoms with E-state index in [0.717, 1.165) is 16.3 Å². The summed E-state index contributed by atoms with van der Waals surface area (Å²) in [6, 6.07) is 7.44. The van der Waals surface area contributed by atoms with Crippen molar-refractivity contribution in [1.29, 1.82) is 0 Å². The molecule has 46 valence electrons. The zero-order chi connectivity index (χ0) is 6.69. The van der Waals surface area contributed by atoms with E-state index >= 15 is 0 Å². The van der Waals surface area contributed by atoms with Gasteiger partial charge in [-0.25, -0.2) is 0 Å². The maximum atomic E-state index is 10.2. The average molecular weight is 185 g/mol. The Hall–Kier alpha value is -0.591. The van der Waals surface area contributed by atoms with Gasteiger partial charge in [-0.05, 0) is 0 Å². The van der Waals surface area contributed by atoms with E-state index in [1.807, 2.05) is 18.2 Å². The summed E-state index contributed by atoms with van der Waals surface area (Å²) in [5.74, 6) is 0. The second-order valence-corrected chi connectivity index (χ2v) is 2.69. The van der Waals surface area contributed by atoms with Gasteiger partial charge in [-0.2, -0.15) is 0 Å². The molecule has 0 radical (unpaired) electrons. The zero-order valence-corrected chi connectivity index (χ0v) is 6.62. The molecule has 0 heterocycles. The predicted molar refractivity (Wildman–Crippen MR) is 38.6 cm³/mol. The van der Waals surface area contributed by atoms with Crippen LogP contribution in [0.3, 0.4) is 0 Å². The summed E-state index contributed by atoms with van der Waals surface area (Å²) in [5.41, 5.74) is 0.748. The first-order valence-corrected chi connectivity index (χ1v) is 3.51. The van der Waals surface area contributed by atoms with E-state index in [2.05, 4.69) is 16.0 Å². The Bertz CT molecular complexity index is 220. The van der Waals surface area contributed by atoms with Gasteiger partial charge in [-0.3, -0.25) is 0 Å². The Morgan fingerprint density at radius 2 is 2.00 bits per heavy atom. The van der Waals surface area contributed by atoms with Gasteiger partial charge < -0.3 is 0 Å². The van der Waals surface area contributed by atoms with Gasteiger partial charge in [-0.1, -0.05) is 0 Å². The number of hydrogen-bond donors (Lipinski definition) is 0. The summed E-state index contributed by atoms with van der Waals surface area (Å²) < 4.78 is 0.972. The molecule has 0 spiro atoms. The van der Waals surface area contributed by atoms with Crippen LogP contribution in [0, 0.1) is 0 Å². The van der Waals surface area contributed by atoms with Crippen molar-refractivity contribution in [3.63, 3.8) is 0 Å². The zero-order valence-electron chi connectivity index (χ0n) is 4.74. The van der Waals surface area contributed by atoms with Gasteiger partial charge in [-0.15, -0.1) is 0 Å². The number of rotatable bonds is 1. The molecular formula is C7H6OSe. The van der Waals surface area contributed by atoms with E-state index < -0.39 is 0 Å². The van der Waals surface area contributed by atoms with Crippen LogP contribution in [0.15, 0.2) is 24.3 Å². The van der Waals surface area contributed by atoms with Crippen LogP contribution < -0.4 is 4.46 Å². The quantitative estimate of drug-likeness (QED) is 0.445. The molecular weight excluding hydrogens is 179 g/mol. The van der Waals surface area contributed by atoms with Gasteiger partial charge in [0.05, 0.1) is 0 Å². The molecule has 0 fully saturated rings. The van der Waals surface area contributed by atoms with Gasteiger partial charge in [0.1, 0.15) is 0 Å². The summed E-state index contributed by atoms with van der Waals surface area (Å²) in [7, 11) is 0. The first kappa shape index (κ1) is 6.53. The van der Waals surface area contributed by atoms with Crippen LogP contribution >= 0.6 is 0 Å². The SMILES string of the molecule is O=Cc1ccccc1[SeH]. The van der Waals surface area contributed by atoms with Crippen LogP contribution in [0.2, 0.25) is 0 Å². The first-order valence-electron chi connectivity index (χ1n) is 2.58. The molecule has 0 bridgehead atoms. The standard InChI is InChI=1S/C7H6OSe/c8-5-6-3-1-2-4-7(6)9/h1-5,9H. The summed E-state index contributed by atoms with van der Waals surface area (Å²) >= 11 is 2.36. The predicted octanol–water partition coefficient (Wildman–Crippen LogP) is 0.0252. The van der Waals surface area contributed by atoms with Crippen LogP contribution in [0.1, 0.15) is 10.4 Å². The van der Waals surface area contributed by atoms with E-state index in [9.17, 15) is 4.79 Å². The molecule has 0 unspecified atom stereocenters. The molecule has 0 aliphatic heterocycles. The maximum absolute atomic E-state index is 10.2. The van der Waals surface area contributed by atoms with Gasteiger partial charge in [0.25, 0.3) is 0 Å². The topological polar surface area (TPSA) is 17.1 Å². The third-order valence-electron chi connectivity index (χ3n) is 1.06. The van der Waals surface area contributed by atoms with Crippen LogP contribution in [-0.2, 0) is 0 Å². The van der Waals surface area contributed by atoms with Crippen molar-refractivity contribution in [2.45, 2.75) is 0 Å². The third-order valence-corrected chi connectivity index (χ3v) is 1.92. The average Bonchev–Trinajstić information content (AvgIpc) is 1.89. The van der Waals surface area contributed by atoms with E-state index in [1.54, 1.807) is 6.07 Å². The van der Waals surface area contributed by atoms with Gasteiger partial charge in [0.15, 0.2) is 0 Å². The Morgan fingerprint density at radius 3 is 2.44 bits per heavy atom. The van der Waals surface area contributed by atoms with Crippen molar-refractivity contribution >= 4 is 26.8 Å². The molecule has 9 heavy (non-hydrogen) atoms. The number of benzene rings is 1. The fourth-order valence-corrected chi connectivity index (χ4v) is 1.03. The van der Waals surface area contributed by atoms with Gasteiger partial charge in [0, 0.05) is 0 Å². The number of hydrogen-bond acceptors (Lipinski definition) is 1. The van der Waals surface area contributed by atoms with Crippen molar-refractivity contribution in [3.05, 3.63) is 29.8 Å². The molecule has 1 rings (SSSR count). The molecule has 0 saturated heterocycles. The molecule has 0 aromatic heterocycles. The monoisotopic (exact) mass is 186 g/mol. The Balaban J connectivity index is 3.15. The van der Waals surface area contributed by atoms with Crippen LogP contribution in [0.25, 0.3) is 0 Å². The second-order valence-electron chi connectivity index (χ2n) is 1.68. The molecule has 0 amide bonds. The normalized spacial score (nSPS) is 9.00. The van der Waals surface area contributed by atoms with Crippen molar-refractivity contribution < 1.29 is 4.79 Å². The summed E-state index contributed by atoms with van der Waals surface area (Å²) in [6.45, 7) is 0. The van der Waals surface area contributed by atoms with Crippen LogP contribution in [0.5, 0.6) is 0 Å². The number of carbonyl (C=O) groups is 1. The van der Waals surface area contributed by atoms with Crippen molar-refractivity contribution in [1.82, 2.24) is 0 Å². The molecule has 2 heteroatoms. The molecule has 1 aromatic carbocycles. The molecule has 0 saturated carbocycles. The minimum absolute atomic E-state index is 0.748. The number of aldehydes is 1. The van der Waals surface area contributed by atoms with E-state index in [1.165, 1.54) is 0 Å². The second kappa shape index (κ2) is 2.81. The molecule has 1 aromatic rings. The van der Waals surface area contributed by atoms with E-state index in [0.29, 0.717) is 0 Å². The number of carbonyl (C=O) groups excluding carboxylic acids is 1. The molecule has 1 nitrogen and oxygen atoms in total. The summed E-state index contributed by atoms with van der Waals surface area (Å²) in [5, 5.41) is 0. The van der Waals surface area contributed by atoms with Crippen molar-refractivity contribution in [2.24, 2.45) is 0 Å². The first-order chi connectivity index (χ1) is 4.34. The fraction of sp³-hybridized carbons (Fsp3) is 0. The Morgan fingerprint density at radius 1 is 1.33 bits per heavy atom. The fourth-order valence-electron chi connectivity index (χ4n) is 0.587. The van der Waals surface area contributed by atoms with Crippen molar-refractivity contribution in [2.75, 3.05) is 0 Å². The van der Waals surface area contributed by atoms with Gasteiger partial charge in [0.2, 0.25) is 0 Å². The van der Waals surface area contributed by atoms with E-state index in [4.69, 9.17) is 0 Å². The minimum atomic E-state index is 0.748. The molecule has 0 aliphatic carbocycles. The van der Waals surface area contributed by atoms with Crippen LogP contribution in [0.4, 0.5) is 0 Å². The summed E-state index contributed by atoms with van der Waals surface area (Å²) in [4.78, 5) is 10.2. The molecule has 0 atom stereocenters. The Labute approximate surface area is 61.9 Å². The molecule has 0 N–H and O–H groups in total. The van der Waals surface area contributed by atoms with Gasteiger partial charge >= 0.3 is 61.4 Å². The third kappa shape index (κ3) is 1.41. The van der Waals surface area contributed by atoms with Crippen LogP contribution in [-0.4, -0.2) is 22.3 Å². The Kier molecular flexibility index (Phi) is 2.04. The molecule has 0 aliphatic rings. The summed E-state index contributed by atoms with van der Waals surface area (Å²) in [6.07, 6.45) is 0.855. The van der Waals surface area contributed by atoms with Crippen molar-refractivity contribution in [3.8, 4) is 0 Å². The van der Waals surface area contributed by atoms with E-state index in [-0.39, 0.29) is 0 Å².